The third-order valence-corrected chi connectivity index (χ3v) is 3.30. The molecule has 0 aromatic heterocycles. The molecule has 1 aliphatic heterocycles. The van der Waals surface area contributed by atoms with Gasteiger partial charge in [-0.2, -0.15) is 0 Å². The van der Waals surface area contributed by atoms with Crippen LogP contribution in [0.3, 0.4) is 0 Å². The Morgan fingerprint density at radius 2 is 2.19 bits per heavy atom. The van der Waals surface area contributed by atoms with Crippen molar-refractivity contribution in [3.05, 3.63) is 35.9 Å². The maximum atomic E-state index is 5.68. The fourth-order valence-corrected chi connectivity index (χ4v) is 2.35. The van der Waals surface area contributed by atoms with E-state index < -0.39 is 0 Å². The summed E-state index contributed by atoms with van der Waals surface area (Å²) in [6.45, 7) is 0.951. The normalized spacial score (nSPS) is 22.2. The number of nitrogens with one attached hydrogen (secondary N) is 1. The Labute approximate surface area is 98.0 Å². The summed E-state index contributed by atoms with van der Waals surface area (Å²) in [5, 5.41) is 3.40. The fourth-order valence-electron chi connectivity index (χ4n) is 2.35. The van der Waals surface area contributed by atoms with E-state index in [0.717, 1.165) is 19.4 Å². The Morgan fingerprint density at radius 1 is 1.38 bits per heavy atom. The molecule has 0 spiro atoms. The topological polar surface area (TPSA) is 21.3 Å². The summed E-state index contributed by atoms with van der Waals surface area (Å²) in [5.74, 6) is 0. The maximum Gasteiger partial charge on any atom is 0.0590 e. The largest absolute Gasteiger partial charge is 0.378 e. The lowest BCUT2D eigenvalue weighted by atomic mass is 9.99. The van der Waals surface area contributed by atoms with Crippen LogP contribution in [0.2, 0.25) is 0 Å². The third-order valence-electron chi connectivity index (χ3n) is 3.30. The summed E-state index contributed by atoms with van der Waals surface area (Å²) in [6.07, 6.45) is 5.16. The highest BCUT2D eigenvalue weighted by Crippen LogP contribution is 2.18. The molecule has 0 amide bonds. The lowest BCUT2D eigenvalue weighted by Crippen LogP contribution is -2.31. The van der Waals surface area contributed by atoms with Crippen molar-refractivity contribution in [2.24, 2.45) is 0 Å². The zero-order valence-electron chi connectivity index (χ0n) is 9.99. The minimum absolute atomic E-state index is 0.473. The van der Waals surface area contributed by atoms with Gasteiger partial charge >= 0.3 is 0 Å². The second-order valence-electron chi connectivity index (χ2n) is 4.55. The maximum absolute atomic E-state index is 5.68. The van der Waals surface area contributed by atoms with Gasteiger partial charge in [0.2, 0.25) is 0 Å². The molecule has 2 rings (SSSR count). The quantitative estimate of drug-likeness (QED) is 0.821. The zero-order chi connectivity index (χ0) is 11.2. The molecule has 1 fully saturated rings. The Balaban J connectivity index is 1.85. The highest BCUT2D eigenvalue weighted by Gasteiger charge is 2.19. The minimum Gasteiger partial charge on any atom is -0.378 e. The molecule has 1 N–H and O–H groups in total. The molecule has 2 heteroatoms. The van der Waals surface area contributed by atoms with E-state index in [9.17, 15) is 0 Å². The Morgan fingerprint density at radius 3 is 2.81 bits per heavy atom. The van der Waals surface area contributed by atoms with Gasteiger partial charge in [-0.3, -0.25) is 0 Å². The van der Waals surface area contributed by atoms with Gasteiger partial charge in [-0.05, 0) is 38.3 Å². The van der Waals surface area contributed by atoms with E-state index >= 15 is 0 Å². The summed E-state index contributed by atoms with van der Waals surface area (Å²) >= 11 is 0. The lowest BCUT2D eigenvalue weighted by molar-refractivity contribution is 0.0954. The zero-order valence-corrected chi connectivity index (χ0v) is 9.99. The molecule has 16 heavy (non-hydrogen) atoms. The van der Waals surface area contributed by atoms with Gasteiger partial charge in [0.25, 0.3) is 0 Å². The first-order chi connectivity index (χ1) is 7.88. The first-order valence-electron chi connectivity index (χ1n) is 6.21. The third kappa shape index (κ3) is 3.32. The van der Waals surface area contributed by atoms with Crippen molar-refractivity contribution in [3.8, 4) is 0 Å². The second-order valence-corrected chi connectivity index (χ2v) is 4.55. The highest BCUT2D eigenvalue weighted by atomic mass is 16.5. The van der Waals surface area contributed by atoms with Gasteiger partial charge < -0.3 is 10.1 Å². The average Bonchev–Trinajstić information content (AvgIpc) is 2.82. The minimum atomic E-state index is 0.473. The molecule has 2 atom stereocenters. The van der Waals surface area contributed by atoms with Crippen molar-refractivity contribution in [1.82, 2.24) is 5.32 Å². The van der Waals surface area contributed by atoms with E-state index in [0.29, 0.717) is 12.1 Å². The summed E-state index contributed by atoms with van der Waals surface area (Å²) in [4.78, 5) is 0. The summed E-state index contributed by atoms with van der Waals surface area (Å²) in [7, 11) is 2.04. The molecular weight excluding hydrogens is 198 g/mol. The summed E-state index contributed by atoms with van der Waals surface area (Å²) < 4.78 is 5.68. The van der Waals surface area contributed by atoms with Crippen LogP contribution in [0.25, 0.3) is 0 Å². The van der Waals surface area contributed by atoms with Crippen LogP contribution in [0.5, 0.6) is 0 Å². The van der Waals surface area contributed by atoms with Crippen molar-refractivity contribution in [2.45, 2.75) is 37.8 Å². The van der Waals surface area contributed by atoms with Gasteiger partial charge in [-0.15, -0.1) is 0 Å². The number of hydrogen-bond acceptors (Lipinski definition) is 2. The van der Waals surface area contributed by atoms with E-state index in [-0.39, 0.29) is 0 Å². The van der Waals surface area contributed by atoms with Crippen molar-refractivity contribution >= 4 is 0 Å². The Bertz CT molecular complexity index is 293. The molecule has 0 radical (unpaired) electrons. The number of benzene rings is 1. The van der Waals surface area contributed by atoms with E-state index in [2.05, 4.69) is 35.6 Å². The van der Waals surface area contributed by atoms with Gasteiger partial charge in [0.05, 0.1) is 6.10 Å². The van der Waals surface area contributed by atoms with Gasteiger partial charge in [0.15, 0.2) is 0 Å². The fraction of sp³-hybridized carbons (Fsp3) is 0.571. The van der Waals surface area contributed by atoms with Crippen LogP contribution >= 0.6 is 0 Å². The van der Waals surface area contributed by atoms with E-state index in [1.54, 1.807) is 0 Å². The van der Waals surface area contributed by atoms with Crippen molar-refractivity contribution in [1.29, 1.82) is 0 Å². The number of hydrogen-bond donors (Lipinski definition) is 1. The molecule has 0 saturated carbocycles. The van der Waals surface area contributed by atoms with Crippen molar-refractivity contribution < 1.29 is 4.74 Å². The molecule has 1 heterocycles. The van der Waals surface area contributed by atoms with Crippen LogP contribution in [0, 0.1) is 0 Å². The van der Waals surface area contributed by atoms with Crippen LogP contribution in [0.15, 0.2) is 30.3 Å². The molecule has 2 nitrogen and oxygen atoms in total. The van der Waals surface area contributed by atoms with Gasteiger partial charge in [0.1, 0.15) is 0 Å². The molecular formula is C14H21NO. The van der Waals surface area contributed by atoms with Crippen LogP contribution in [0.4, 0.5) is 0 Å². The van der Waals surface area contributed by atoms with E-state index in [4.69, 9.17) is 4.74 Å². The van der Waals surface area contributed by atoms with Crippen LogP contribution in [-0.2, 0) is 11.2 Å². The van der Waals surface area contributed by atoms with Crippen molar-refractivity contribution in [2.75, 3.05) is 13.7 Å². The first-order valence-corrected chi connectivity index (χ1v) is 6.21. The molecule has 1 saturated heterocycles. The molecule has 1 aromatic carbocycles. The molecule has 0 aliphatic carbocycles. The standard InChI is InChI=1S/C14H21NO/c1-15-13(11-14-8-5-9-16-14)10-12-6-3-2-4-7-12/h2-4,6-7,13-15H,5,8-11H2,1H3. The highest BCUT2D eigenvalue weighted by molar-refractivity contribution is 5.15. The molecule has 88 valence electrons. The first kappa shape index (κ1) is 11.6. The Hall–Kier alpha value is -0.860. The van der Waals surface area contributed by atoms with Gasteiger partial charge in [-0.25, -0.2) is 0 Å². The smallest absolute Gasteiger partial charge is 0.0590 e. The average molecular weight is 219 g/mol. The van der Waals surface area contributed by atoms with Gasteiger partial charge in [-0.1, -0.05) is 30.3 Å². The predicted octanol–water partition coefficient (Wildman–Crippen LogP) is 2.39. The molecule has 2 unspecified atom stereocenters. The van der Waals surface area contributed by atoms with Gasteiger partial charge in [0, 0.05) is 12.6 Å². The molecule has 1 aliphatic rings. The monoisotopic (exact) mass is 219 g/mol. The van der Waals surface area contributed by atoms with Crippen LogP contribution in [-0.4, -0.2) is 25.8 Å². The Kier molecular flexibility index (Phi) is 4.37. The second kappa shape index (κ2) is 6.02. The number of rotatable bonds is 5. The van der Waals surface area contributed by atoms with Crippen LogP contribution in [0.1, 0.15) is 24.8 Å². The number of likely N-dealkylation sites (N-methyl/N-ethyl adjacent to an activating group) is 1. The van der Waals surface area contributed by atoms with Crippen LogP contribution < -0.4 is 5.32 Å². The summed E-state index contributed by atoms with van der Waals surface area (Å²) in [6, 6.07) is 11.2. The van der Waals surface area contributed by atoms with E-state index in [1.165, 1.54) is 18.4 Å². The van der Waals surface area contributed by atoms with Crippen molar-refractivity contribution in [3.63, 3.8) is 0 Å². The molecule has 1 aromatic rings. The summed E-state index contributed by atoms with van der Waals surface area (Å²) in [5.41, 5.74) is 1.40. The SMILES string of the molecule is CNC(Cc1ccccc1)CC1CCCO1. The molecule has 0 bridgehead atoms. The van der Waals surface area contributed by atoms with E-state index in [1.807, 2.05) is 7.05 Å². The lowest BCUT2D eigenvalue weighted by Gasteiger charge is -2.19. The number of ether oxygens (including phenoxy) is 1. The predicted molar refractivity (Wildman–Crippen MR) is 66.6 cm³/mol.